The molecule has 11 atom stereocenters. The van der Waals surface area contributed by atoms with Crippen LogP contribution in [0.4, 0.5) is 0 Å². The minimum atomic E-state index is -0.320. The van der Waals surface area contributed by atoms with Crippen LogP contribution in [0.3, 0.4) is 0 Å². The van der Waals surface area contributed by atoms with Crippen LogP contribution in [0.5, 0.6) is 0 Å². The fraction of sp³-hybridized carbons (Fsp3) is 0.862. The average Bonchev–Trinajstić information content (AvgIpc) is 3.19. The molecule has 0 spiro atoms. The van der Waals surface area contributed by atoms with E-state index in [0.717, 1.165) is 38.5 Å². The Balaban J connectivity index is 1.67. The third kappa shape index (κ3) is 4.19. The quantitative estimate of drug-likeness (QED) is 0.310. The van der Waals surface area contributed by atoms with Gasteiger partial charge in [-0.2, -0.15) is 0 Å². The molecule has 202 valence electrons. The van der Waals surface area contributed by atoms with Crippen LogP contribution in [0.15, 0.2) is 0 Å². The summed E-state index contributed by atoms with van der Waals surface area (Å²) in [5, 5.41) is 0. The standard InChI is InChI=1S/C29H43BrO6/c1-7-18-21-14-17(36-16(3)31)12-13-28(21,4)24-23(25(18)33)20-10-9-19(15(2)8-11-22(32)35-6)29(20,5)27(30)26(24)34/h15,17-21,23-24,27H,7-14H2,1-6H3/t15-,17-,18-,19-,20+,21+,23+,24-,27?,28+,29-/m1/s1. The van der Waals surface area contributed by atoms with Crippen molar-refractivity contribution >= 4 is 39.4 Å². The summed E-state index contributed by atoms with van der Waals surface area (Å²) in [7, 11) is 1.42. The fourth-order valence-corrected chi connectivity index (χ4v) is 10.3. The van der Waals surface area contributed by atoms with E-state index >= 15 is 0 Å². The van der Waals surface area contributed by atoms with Crippen LogP contribution in [0.2, 0.25) is 0 Å². The summed E-state index contributed by atoms with van der Waals surface area (Å²) < 4.78 is 10.5. The molecule has 0 bridgehead atoms. The van der Waals surface area contributed by atoms with Crippen molar-refractivity contribution in [1.29, 1.82) is 0 Å². The van der Waals surface area contributed by atoms with E-state index in [1.807, 2.05) is 0 Å². The molecular formula is C29H43BrO6. The van der Waals surface area contributed by atoms with Gasteiger partial charge < -0.3 is 9.47 Å². The summed E-state index contributed by atoms with van der Waals surface area (Å²) in [6.07, 6.45) is 5.81. The number of esters is 2. The van der Waals surface area contributed by atoms with E-state index < -0.39 is 0 Å². The molecule has 4 saturated carbocycles. The van der Waals surface area contributed by atoms with Gasteiger partial charge in [0.15, 0.2) is 5.78 Å². The van der Waals surface area contributed by atoms with E-state index in [4.69, 9.17) is 9.47 Å². The van der Waals surface area contributed by atoms with Crippen molar-refractivity contribution in [2.45, 2.75) is 96.9 Å². The zero-order valence-corrected chi connectivity index (χ0v) is 24.3. The van der Waals surface area contributed by atoms with Gasteiger partial charge >= 0.3 is 11.9 Å². The van der Waals surface area contributed by atoms with Crippen molar-refractivity contribution in [3.63, 3.8) is 0 Å². The number of ketones is 2. The third-order valence-corrected chi connectivity index (χ3v) is 12.5. The number of carbonyl (C=O) groups is 4. The molecule has 0 aromatic heterocycles. The highest BCUT2D eigenvalue weighted by atomic mass is 79.9. The van der Waals surface area contributed by atoms with Gasteiger partial charge in [-0.1, -0.05) is 43.6 Å². The normalized spacial score (nSPS) is 44.8. The van der Waals surface area contributed by atoms with Crippen molar-refractivity contribution in [3.05, 3.63) is 0 Å². The van der Waals surface area contributed by atoms with Gasteiger partial charge in [0.1, 0.15) is 11.9 Å². The lowest BCUT2D eigenvalue weighted by atomic mass is 9.41. The van der Waals surface area contributed by atoms with Crippen molar-refractivity contribution in [2.75, 3.05) is 7.11 Å². The molecule has 7 heteroatoms. The molecule has 6 nitrogen and oxygen atoms in total. The molecule has 0 heterocycles. The van der Waals surface area contributed by atoms with Gasteiger partial charge in [0.05, 0.1) is 11.9 Å². The lowest BCUT2D eigenvalue weighted by Crippen LogP contribution is -2.66. The van der Waals surface area contributed by atoms with Crippen LogP contribution in [-0.4, -0.2) is 41.5 Å². The summed E-state index contributed by atoms with van der Waals surface area (Å²) in [6.45, 7) is 10.2. The highest BCUT2D eigenvalue weighted by molar-refractivity contribution is 9.10. The maximum absolute atomic E-state index is 14.3. The van der Waals surface area contributed by atoms with Gasteiger partial charge in [-0.05, 0) is 79.4 Å². The number of hydrogen-bond donors (Lipinski definition) is 0. The first-order valence-corrected chi connectivity index (χ1v) is 14.8. The Kier molecular flexibility index (Phi) is 7.83. The lowest BCUT2D eigenvalue weighted by Gasteiger charge is -2.62. The van der Waals surface area contributed by atoms with Crippen molar-refractivity contribution in [3.8, 4) is 0 Å². The number of Topliss-reactive ketones (excluding diaryl/α,β-unsaturated/α-hetero) is 2. The van der Waals surface area contributed by atoms with Crippen molar-refractivity contribution in [1.82, 2.24) is 0 Å². The summed E-state index contributed by atoms with van der Waals surface area (Å²) in [4.78, 5) is 51.7. The molecule has 0 aromatic rings. The first kappa shape index (κ1) is 27.8. The average molecular weight is 568 g/mol. The van der Waals surface area contributed by atoms with Gasteiger partial charge in [-0.25, -0.2) is 0 Å². The van der Waals surface area contributed by atoms with E-state index in [9.17, 15) is 19.2 Å². The molecule has 4 aliphatic carbocycles. The number of hydrogen-bond acceptors (Lipinski definition) is 6. The van der Waals surface area contributed by atoms with Crippen LogP contribution in [-0.2, 0) is 28.7 Å². The van der Waals surface area contributed by atoms with E-state index in [-0.39, 0.29) is 86.7 Å². The molecule has 0 saturated heterocycles. The number of rotatable bonds is 6. The van der Waals surface area contributed by atoms with E-state index in [1.165, 1.54) is 14.0 Å². The second-order valence-corrected chi connectivity index (χ2v) is 13.5. The summed E-state index contributed by atoms with van der Waals surface area (Å²) in [5.41, 5.74) is -0.588. The predicted octanol–water partition coefficient (Wildman–Crippen LogP) is 5.53. The maximum atomic E-state index is 14.3. The molecule has 0 aromatic carbocycles. The minimum Gasteiger partial charge on any atom is -0.469 e. The first-order chi connectivity index (χ1) is 16.9. The second-order valence-electron chi connectivity index (χ2n) is 12.6. The molecule has 1 unspecified atom stereocenters. The molecule has 4 aliphatic rings. The Morgan fingerprint density at radius 3 is 2.42 bits per heavy atom. The molecule has 0 amide bonds. The molecule has 36 heavy (non-hydrogen) atoms. The first-order valence-electron chi connectivity index (χ1n) is 13.9. The highest BCUT2D eigenvalue weighted by Crippen LogP contribution is 2.69. The summed E-state index contributed by atoms with van der Waals surface area (Å²) in [5.74, 6) is 0.0636. The Bertz CT molecular complexity index is 917. The molecule has 4 rings (SSSR count). The number of ether oxygens (including phenoxy) is 2. The van der Waals surface area contributed by atoms with Crippen molar-refractivity contribution < 1.29 is 28.7 Å². The Morgan fingerprint density at radius 1 is 1.11 bits per heavy atom. The lowest BCUT2D eigenvalue weighted by molar-refractivity contribution is -0.182. The van der Waals surface area contributed by atoms with Crippen LogP contribution in [0, 0.1) is 52.3 Å². The number of halogens is 1. The smallest absolute Gasteiger partial charge is 0.305 e. The van der Waals surface area contributed by atoms with E-state index in [0.29, 0.717) is 12.8 Å². The van der Waals surface area contributed by atoms with Crippen LogP contribution < -0.4 is 0 Å². The SMILES string of the molecule is CC[C@H]1C(=O)[C@@H]2[C@H](C(=O)C(Br)[C@]3(C)[C@@H]([C@H](C)CCC(=O)OC)CC[C@@H]23)[C@@]2(C)CC[C@@H](OC(C)=O)C[C@@H]12. The molecule has 4 fully saturated rings. The predicted molar refractivity (Wildman–Crippen MR) is 139 cm³/mol. The Hall–Kier alpha value is -1.24. The maximum Gasteiger partial charge on any atom is 0.305 e. The van der Waals surface area contributed by atoms with Gasteiger partial charge in [0.2, 0.25) is 0 Å². The van der Waals surface area contributed by atoms with Gasteiger partial charge in [0, 0.05) is 31.1 Å². The Morgan fingerprint density at radius 2 is 1.81 bits per heavy atom. The summed E-state index contributed by atoms with van der Waals surface area (Å²) in [6, 6.07) is 0. The summed E-state index contributed by atoms with van der Waals surface area (Å²) >= 11 is 3.90. The zero-order valence-electron chi connectivity index (χ0n) is 22.7. The minimum absolute atomic E-state index is 0.0542. The van der Waals surface area contributed by atoms with Crippen LogP contribution in [0.1, 0.15) is 86.0 Å². The molecule has 0 aliphatic heterocycles. The van der Waals surface area contributed by atoms with Gasteiger partial charge in [-0.3, -0.25) is 19.2 Å². The molecule has 0 radical (unpaired) electrons. The topological polar surface area (TPSA) is 86.7 Å². The van der Waals surface area contributed by atoms with Gasteiger partial charge in [-0.15, -0.1) is 0 Å². The monoisotopic (exact) mass is 566 g/mol. The van der Waals surface area contributed by atoms with Crippen LogP contribution >= 0.6 is 15.9 Å². The van der Waals surface area contributed by atoms with E-state index in [1.54, 1.807) is 0 Å². The largest absolute Gasteiger partial charge is 0.469 e. The zero-order chi connectivity index (χ0) is 26.6. The number of methoxy groups -OCH3 is 1. The number of alkyl halides is 1. The van der Waals surface area contributed by atoms with E-state index in [2.05, 4.69) is 43.6 Å². The highest BCUT2D eigenvalue weighted by Gasteiger charge is 2.70. The molecular weight excluding hydrogens is 524 g/mol. The molecule has 0 N–H and O–H groups in total. The second kappa shape index (κ2) is 10.1. The van der Waals surface area contributed by atoms with Crippen LogP contribution in [0.25, 0.3) is 0 Å². The third-order valence-electron chi connectivity index (χ3n) is 11.0. The van der Waals surface area contributed by atoms with Gasteiger partial charge in [0.25, 0.3) is 0 Å². The fourth-order valence-electron chi connectivity index (χ4n) is 9.33. The number of fused-ring (bicyclic) bond motifs is 5. The van der Waals surface area contributed by atoms with Crippen molar-refractivity contribution in [2.24, 2.45) is 52.3 Å². The number of carbonyl (C=O) groups excluding carboxylic acids is 4. The Labute approximate surface area is 224 Å².